The van der Waals surface area contributed by atoms with Crippen LogP contribution in [0.3, 0.4) is 0 Å². The first-order valence-electron chi connectivity index (χ1n) is 7.78. The van der Waals surface area contributed by atoms with E-state index in [1.165, 1.54) is 12.3 Å². The molecule has 1 N–H and O–H groups in total. The van der Waals surface area contributed by atoms with Crippen molar-refractivity contribution >= 4 is 17.0 Å². The highest BCUT2D eigenvalue weighted by Crippen LogP contribution is 2.24. The Labute approximate surface area is 138 Å². The first-order chi connectivity index (χ1) is 11.5. The molecule has 1 unspecified atom stereocenters. The average molecular weight is 327 g/mol. The number of nitrogens with zero attached hydrogens (tertiary/aromatic N) is 2. The van der Waals surface area contributed by atoms with Gasteiger partial charge < -0.3 is 9.84 Å². The van der Waals surface area contributed by atoms with Crippen LogP contribution in [0.15, 0.2) is 41.1 Å². The van der Waals surface area contributed by atoms with Gasteiger partial charge in [-0.25, -0.2) is 9.37 Å². The molecule has 0 aliphatic heterocycles. The van der Waals surface area contributed by atoms with Gasteiger partial charge in [-0.3, -0.25) is 4.79 Å². The second kappa shape index (κ2) is 6.39. The third-order valence-electron chi connectivity index (χ3n) is 3.89. The van der Waals surface area contributed by atoms with Crippen LogP contribution in [0.25, 0.3) is 11.1 Å². The van der Waals surface area contributed by atoms with Crippen molar-refractivity contribution in [2.24, 2.45) is 0 Å². The van der Waals surface area contributed by atoms with Crippen LogP contribution in [-0.2, 0) is 0 Å². The van der Waals surface area contributed by atoms with Crippen LogP contribution in [-0.4, -0.2) is 16.0 Å². The Balaban J connectivity index is 1.86. The highest BCUT2D eigenvalue weighted by Gasteiger charge is 2.18. The fourth-order valence-corrected chi connectivity index (χ4v) is 2.57. The lowest BCUT2D eigenvalue weighted by molar-refractivity contribution is 0.0939. The molecule has 0 radical (unpaired) electrons. The Kier molecular flexibility index (Phi) is 4.29. The molecule has 0 spiro atoms. The molecule has 0 aliphatic carbocycles. The van der Waals surface area contributed by atoms with E-state index >= 15 is 0 Å². The Bertz CT molecular complexity index is 889. The fourth-order valence-electron chi connectivity index (χ4n) is 2.57. The summed E-state index contributed by atoms with van der Waals surface area (Å²) in [5.74, 6) is -0.514. The van der Waals surface area contributed by atoms with Crippen LogP contribution in [0.5, 0.6) is 0 Å². The van der Waals surface area contributed by atoms with Crippen LogP contribution in [0.2, 0.25) is 0 Å². The van der Waals surface area contributed by atoms with Crippen molar-refractivity contribution in [3.05, 3.63) is 59.2 Å². The third-order valence-corrected chi connectivity index (χ3v) is 3.89. The van der Waals surface area contributed by atoms with E-state index < -0.39 is 6.04 Å². The number of carbonyl (C=O) groups excluding carboxylic acids is 1. The molecule has 0 fully saturated rings. The van der Waals surface area contributed by atoms with Crippen molar-refractivity contribution in [3.8, 4) is 0 Å². The highest BCUT2D eigenvalue weighted by molar-refractivity contribution is 5.97. The van der Waals surface area contributed by atoms with Gasteiger partial charge in [-0.1, -0.05) is 37.2 Å². The lowest BCUT2D eigenvalue weighted by Gasteiger charge is -2.15. The number of rotatable bonds is 4. The molecule has 1 atom stereocenters. The first kappa shape index (κ1) is 16.1. The second-order valence-corrected chi connectivity index (χ2v) is 6.02. The normalized spacial score (nSPS) is 12.5. The summed E-state index contributed by atoms with van der Waals surface area (Å²) in [6.07, 6.45) is 1.43. The van der Waals surface area contributed by atoms with Gasteiger partial charge in [0.1, 0.15) is 5.82 Å². The number of carbonyl (C=O) groups is 1. The van der Waals surface area contributed by atoms with Gasteiger partial charge in [0.25, 0.3) is 11.6 Å². The molecular weight excluding hydrogens is 309 g/mol. The van der Waals surface area contributed by atoms with Crippen molar-refractivity contribution in [3.63, 3.8) is 0 Å². The predicted molar refractivity (Wildman–Crippen MR) is 88.2 cm³/mol. The lowest BCUT2D eigenvalue weighted by Crippen LogP contribution is -2.27. The van der Waals surface area contributed by atoms with Crippen LogP contribution in [0, 0.1) is 5.82 Å². The molecule has 5 nitrogen and oxygen atoms in total. The summed E-state index contributed by atoms with van der Waals surface area (Å²) in [6.45, 7) is 5.72. The fraction of sp³-hybridized carbons (Fsp3) is 0.278. The van der Waals surface area contributed by atoms with Gasteiger partial charge in [0, 0.05) is 11.8 Å². The van der Waals surface area contributed by atoms with E-state index in [0.717, 1.165) is 11.1 Å². The number of fused-ring (bicyclic) bond motifs is 1. The van der Waals surface area contributed by atoms with E-state index in [1.807, 2.05) is 13.8 Å². The number of halogens is 1. The molecule has 0 saturated heterocycles. The lowest BCUT2D eigenvalue weighted by atomic mass is 10.1. The Morgan fingerprint density at radius 2 is 2.00 bits per heavy atom. The minimum Gasteiger partial charge on any atom is -0.345 e. The molecule has 6 heteroatoms. The van der Waals surface area contributed by atoms with Crippen LogP contribution < -0.4 is 5.32 Å². The maximum absolute atomic E-state index is 13.8. The van der Waals surface area contributed by atoms with Crippen molar-refractivity contribution in [2.45, 2.75) is 32.7 Å². The highest BCUT2D eigenvalue weighted by atomic mass is 19.1. The summed E-state index contributed by atoms with van der Waals surface area (Å²) in [5, 5.41) is 7.50. The van der Waals surface area contributed by atoms with Gasteiger partial charge in [0.05, 0.1) is 22.7 Å². The first-order valence-corrected chi connectivity index (χ1v) is 7.78. The molecule has 2 heterocycles. The Hall–Kier alpha value is -2.76. The molecule has 0 aliphatic rings. The third kappa shape index (κ3) is 2.99. The quantitative estimate of drug-likeness (QED) is 0.787. The van der Waals surface area contributed by atoms with Crippen molar-refractivity contribution < 1.29 is 13.7 Å². The number of hydrogen-bond acceptors (Lipinski definition) is 4. The zero-order chi connectivity index (χ0) is 17.3. The van der Waals surface area contributed by atoms with Crippen LogP contribution >= 0.6 is 0 Å². The number of benzene rings is 1. The summed E-state index contributed by atoms with van der Waals surface area (Å²) in [5.41, 5.74) is 1.98. The molecule has 3 rings (SSSR count). The minimum absolute atomic E-state index is 0.156. The summed E-state index contributed by atoms with van der Waals surface area (Å²) in [4.78, 5) is 16.6. The summed E-state index contributed by atoms with van der Waals surface area (Å²) >= 11 is 0. The topological polar surface area (TPSA) is 68.0 Å². The van der Waals surface area contributed by atoms with Gasteiger partial charge in [-0.2, -0.15) is 0 Å². The van der Waals surface area contributed by atoms with Crippen LogP contribution in [0.1, 0.15) is 54.3 Å². The number of nitrogens with one attached hydrogen (secondary N) is 1. The SMILES string of the molecule is CC(C)c1noc2ncc(C(=O)NC(C)c3ccccc3F)cc12. The van der Waals surface area contributed by atoms with Gasteiger partial charge in [-0.05, 0) is 25.0 Å². The number of aromatic nitrogens is 2. The second-order valence-electron chi connectivity index (χ2n) is 6.02. The van der Waals surface area contributed by atoms with E-state index in [1.54, 1.807) is 31.2 Å². The van der Waals surface area contributed by atoms with Crippen molar-refractivity contribution in [1.29, 1.82) is 0 Å². The molecule has 0 saturated carbocycles. The molecule has 124 valence electrons. The van der Waals surface area contributed by atoms with E-state index in [0.29, 0.717) is 16.8 Å². The zero-order valence-electron chi connectivity index (χ0n) is 13.7. The molecular formula is C18H18FN3O2. The summed E-state index contributed by atoms with van der Waals surface area (Å²) in [6, 6.07) is 7.63. The van der Waals surface area contributed by atoms with E-state index in [9.17, 15) is 9.18 Å². The predicted octanol–water partition coefficient (Wildman–Crippen LogP) is 3.98. The van der Waals surface area contributed by atoms with E-state index in [2.05, 4.69) is 15.5 Å². The summed E-state index contributed by atoms with van der Waals surface area (Å²) < 4.78 is 19.0. The van der Waals surface area contributed by atoms with Crippen molar-refractivity contribution in [2.75, 3.05) is 0 Å². The molecule has 1 aromatic carbocycles. The van der Waals surface area contributed by atoms with Gasteiger partial charge in [0.15, 0.2) is 0 Å². The number of hydrogen-bond donors (Lipinski definition) is 1. The standard InChI is InChI=1S/C18H18FN3O2/c1-10(2)16-14-8-12(9-20-18(14)24-22-16)17(23)21-11(3)13-6-4-5-7-15(13)19/h4-11H,1-3H3,(H,21,23). The molecule has 2 aromatic heterocycles. The van der Waals surface area contributed by atoms with Gasteiger partial charge >= 0.3 is 0 Å². The summed E-state index contributed by atoms with van der Waals surface area (Å²) in [7, 11) is 0. The van der Waals surface area contributed by atoms with Gasteiger partial charge in [-0.15, -0.1) is 0 Å². The van der Waals surface area contributed by atoms with E-state index in [4.69, 9.17) is 4.52 Å². The maximum atomic E-state index is 13.8. The zero-order valence-corrected chi connectivity index (χ0v) is 13.7. The van der Waals surface area contributed by atoms with Crippen molar-refractivity contribution in [1.82, 2.24) is 15.5 Å². The Morgan fingerprint density at radius 1 is 1.25 bits per heavy atom. The maximum Gasteiger partial charge on any atom is 0.257 e. The monoisotopic (exact) mass is 327 g/mol. The van der Waals surface area contributed by atoms with E-state index in [-0.39, 0.29) is 17.6 Å². The average Bonchev–Trinajstić information content (AvgIpc) is 2.98. The molecule has 24 heavy (non-hydrogen) atoms. The smallest absolute Gasteiger partial charge is 0.257 e. The molecule has 1 amide bonds. The Morgan fingerprint density at radius 3 is 2.71 bits per heavy atom. The minimum atomic E-state index is -0.457. The van der Waals surface area contributed by atoms with Gasteiger partial charge in [0.2, 0.25) is 0 Å². The molecule has 0 bridgehead atoms. The van der Waals surface area contributed by atoms with Crippen LogP contribution in [0.4, 0.5) is 4.39 Å². The number of pyridine rings is 1. The largest absolute Gasteiger partial charge is 0.345 e. The number of amides is 1. The molecule has 3 aromatic rings.